The van der Waals surface area contributed by atoms with Crippen molar-refractivity contribution >= 4 is 11.9 Å². The van der Waals surface area contributed by atoms with Gasteiger partial charge in [-0.25, -0.2) is 0 Å². The van der Waals surface area contributed by atoms with Gasteiger partial charge in [-0.15, -0.1) is 0 Å². The Morgan fingerprint density at radius 2 is 2.14 bits per heavy atom. The van der Waals surface area contributed by atoms with Crippen LogP contribution in [0.3, 0.4) is 0 Å². The number of hydrogen-bond acceptors (Lipinski definition) is 3. The highest BCUT2D eigenvalue weighted by atomic mass is 16.4. The monoisotopic (exact) mass is 291 g/mol. The molecule has 1 saturated heterocycles. The number of aromatic nitrogens is 2. The molecule has 1 aromatic rings. The molecule has 2 aliphatic rings. The van der Waals surface area contributed by atoms with Gasteiger partial charge in [0.25, 0.3) is 5.91 Å². The SMILES string of the molecule is CCCn1ncc(C(=O)N2CCC(C(=O)O)C2)c1C1CC1. The number of hydrogen-bond donors (Lipinski definition) is 1. The molecule has 6 nitrogen and oxygen atoms in total. The summed E-state index contributed by atoms with van der Waals surface area (Å²) >= 11 is 0. The van der Waals surface area contributed by atoms with Crippen molar-refractivity contribution in [1.29, 1.82) is 0 Å². The van der Waals surface area contributed by atoms with Crippen molar-refractivity contribution in [3.05, 3.63) is 17.5 Å². The summed E-state index contributed by atoms with van der Waals surface area (Å²) in [5.74, 6) is -0.836. The van der Waals surface area contributed by atoms with Crippen molar-refractivity contribution in [3.63, 3.8) is 0 Å². The van der Waals surface area contributed by atoms with Crippen molar-refractivity contribution in [1.82, 2.24) is 14.7 Å². The zero-order valence-electron chi connectivity index (χ0n) is 12.3. The number of rotatable bonds is 5. The van der Waals surface area contributed by atoms with E-state index in [1.807, 2.05) is 4.68 Å². The summed E-state index contributed by atoms with van der Waals surface area (Å²) in [6.07, 6.45) is 5.43. The smallest absolute Gasteiger partial charge is 0.308 e. The highest BCUT2D eigenvalue weighted by molar-refractivity contribution is 5.96. The van der Waals surface area contributed by atoms with Crippen LogP contribution in [-0.2, 0) is 11.3 Å². The number of aliphatic carboxylic acids is 1. The number of carbonyl (C=O) groups excluding carboxylic acids is 1. The third-order valence-electron chi connectivity index (χ3n) is 4.33. The number of aryl methyl sites for hydroxylation is 1. The lowest BCUT2D eigenvalue weighted by atomic mass is 10.1. The molecule has 1 atom stereocenters. The van der Waals surface area contributed by atoms with Gasteiger partial charge in [-0.3, -0.25) is 14.3 Å². The van der Waals surface area contributed by atoms with Crippen LogP contribution in [0.2, 0.25) is 0 Å². The molecule has 3 rings (SSSR count). The second kappa shape index (κ2) is 5.50. The molecule has 114 valence electrons. The van der Waals surface area contributed by atoms with Crippen molar-refractivity contribution in [2.75, 3.05) is 13.1 Å². The van der Waals surface area contributed by atoms with Crippen LogP contribution >= 0.6 is 0 Å². The van der Waals surface area contributed by atoms with Gasteiger partial charge in [-0.2, -0.15) is 5.10 Å². The Kier molecular flexibility index (Phi) is 3.69. The van der Waals surface area contributed by atoms with E-state index in [0.29, 0.717) is 31.0 Å². The van der Waals surface area contributed by atoms with E-state index in [9.17, 15) is 9.59 Å². The molecule has 0 spiro atoms. The number of nitrogens with zero attached hydrogens (tertiary/aromatic N) is 3. The van der Waals surface area contributed by atoms with Crippen molar-refractivity contribution in [2.45, 2.75) is 45.1 Å². The molecule has 1 N–H and O–H groups in total. The first-order valence-corrected chi connectivity index (χ1v) is 7.69. The fraction of sp³-hybridized carbons (Fsp3) is 0.667. The Morgan fingerprint density at radius 1 is 1.38 bits per heavy atom. The third-order valence-corrected chi connectivity index (χ3v) is 4.33. The number of likely N-dealkylation sites (tertiary alicyclic amines) is 1. The van der Waals surface area contributed by atoms with Gasteiger partial charge in [0.05, 0.1) is 23.4 Å². The maximum absolute atomic E-state index is 12.7. The molecule has 1 aromatic heterocycles. The highest BCUT2D eigenvalue weighted by Crippen LogP contribution is 2.42. The fourth-order valence-corrected chi connectivity index (χ4v) is 3.05. The molecule has 0 aromatic carbocycles. The molecule has 0 radical (unpaired) electrons. The first kappa shape index (κ1) is 14.1. The molecule has 21 heavy (non-hydrogen) atoms. The van der Waals surface area contributed by atoms with Crippen LogP contribution < -0.4 is 0 Å². The lowest BCUT2D eigenvalue weighted by Crippen LogP contribution is -2.30. The minimum Gasteiger partial charge on any atom is -0.481 e. The fourth-order valence-electron chi connectivity index (χ4n) is 3.05. The summed E-state index contributed by atoms with van der Waals surface area (Å²) in [6, 6.07) is 0. The van der Waals surface area contributed by atoms with Crippen molar-refractivity contribution < 1.29 is 14.7 Å². The van der Waals surface area contributed by atoms with E-state index >= 15 is 0 Å². The van der Waals surface area contributed by atoms with Crippen LogP contribution in [0.4, 0.5) is 0 Å². The molecule has 1 unspecified atom stereocenters. The van der Waals surface area contributed by atoms with E-state index in [4.69, 9.17) is 5.11 Å². The largest absolute Gasteiger partial charge is 0.481 e. The van der Waals surface area contributed by atoms with E-state index < -0.39 is 11.9 Å². The Hall–Kier alpha value is -1.85. The topological polar surface area (TPSA) is 75.4 Å². The van der Waals surface area contributed by atoms with Crippen LogP contribution in [0.15, 0.2) is 6.20 Å². The molecular formula is C15H21N3O3. The van der Waals surface area contributed by atoms with Gasteiger partial charge in [0.15, 0.2) is 0 Å². The van der Waals surface area contributed by atoms with E-state index in [1.54, 1.807) is 11.1 Å². The van der Waals surface area contributed by atoms with E-state index in [1.165, 1.54) is 0 Å². The Labute approximate surface area is 123 Å². The molecule has 0 bridgehead atoms. The predicted molar refractivity (Wildman–Crippen MR) is 76.1 cm³/mol. The normalized spacial score (nSPS) is 21.8. The van der Waals surface area contributed by atoms with E-state index in [2.05, 4.69) is 12.0 Å². The number of amides is 1. The first-order chi connectivity index (χ1) is 10.1. The standard InChI is InChI=1S/C15H21N3O3/c1-2-6-18-13(10-3-4-10)12(8-16-18)14(19)17-7-5-11(9-17)15(20)21/h8,10-11H,2-7,9H2,1H3,(H,20,21). The van der Waals surface area contributed by atoms with Crippen molar-refractivity contribution in [2.24, 2.45) is 5.92 Å². The van der Waals surface area contributed by atoms with Crippen LogP contribution in [0, 0.1) is 5.92 Å². The second-order valence-electron chi connectivity index (χ2n) is 6.02. The van der Waals surface area contributed by atoms with Gasteiger partial charge in [-0.05, 0) is 25.7 Å². The van der Waals surface area contributed by atoms with Gasteiger partial charge >= 0.3 is 5.97 Å². The van der Waals surface area contributed by atoms with Gasteiger partial charge in [-0.1, -0.05) is 6.92 Å². The third kappa shape index (κ3) is 2.66. The zero-order chi connectivity index (χ0) is 15.0. The average Bonchev–Trinajstić information content (AvgIpc) is 3.02. The molecule has 2 heterocycles. The summed E-state index contributed by atoms with van der Waals surface area (Å²) < 4.78 is 1.95. The summed E-state index contributed by atoms with van der Waals surface area (Å²) in [6.45, 7) is 3.77. The summed E-state index contributed by atoms with van der Waals surface area (Å²) in [7, 11) is 0. The number of carboxylic acid groups (broad SMARTS) is 1. The Bertz CT molecular complexity index is 563. The van der Waals surface area contributed by atoms with Crippen LogP contribution in [-0.4, -0.2) is 44.8 Å². The van der Waals surface area contributed by atoms with Gasteiger partial charge < -0.3 is 10.0 Å². The maximum Gasteiger partial charge on any atom is 0.308 e. The molecule has 1 aliphatic carbocycles. The van der Waals surface area contributed by atoms with E-state index in [-0.39, 0.29) is 5.91 Å². The maximum atomic E-state index is 12.7. The number of carboxylic acids is 1. The molecule has 1 aliphatic heterocycles. The predicted octanol–water partition coefficient (Wildman–Crippen LogP) is 1.72. The molecular weight excluding hydrogens is 270 g/mol. The van der Waals surface area contributed by atoms with Crippen LogP contribution in [0.25, 0.3) is 0 Å². The average molecular weight is 291 g/mol. The summed E-state index contributed by atoms with van der Waals surface area (Å²) in [5, 5.41) is 13.4. The molecule has 2 fully saturated rings. The molecule has 1 amide bonds. The Morgan fingerprint density at radius 3 is 2.71 bits per heavy atom. The molecule has 6 heteroatoms. The Balaban J connectivity index is 1.80. The van der Waals surface area contributed by atoms with E-state index in [0.717, 1.165) is 31.5 Å². The minimum atomic E-state index is -0.811. The van der Waals surface area contributed by atoms with Gasteiger partial charge in [0.2, 0.25) is 0 Å². The number of carbonyl (C=O) groups is 2. The summed E-state index contributed by atoms with van der Waals surface area (Å²) in [4.78, 5) is 25.4. The quantitative estimate of drug-likeness (QED) is 0.896. The van der Waals surface area contributed by atoms with Crippen LogP contribution in [0.5, 0.6) is 0 Å². The van der Waals surface area contributed by atoms with Gasteiger partial charge in [0.1, 0.15) is 0 Å². The molecule has 1 saturated carbocycles. The highest BCUT2D eigenvalue weighted by Gasteiger charge is 2.36. The lowest BCUT2D eigenvalue weighted by molar-refractivity contribution is -0.141. The lowest BCUT2D eigenvalue weighted by Gasteiger charge is -2.16. The summed E-state index contributed by atoms with van der Waals surface area (Å²) in [5.41, 5.74) is 1.73. The van der Waals surface area contributed by atoms with Crippen LogP contribution in [0.1, 0.15) is 54.6 Å². The second-order valence-corrected chi connectivity index (χ2v) is 6.02. The van der Waals surface area contributed by atoms with Gasteiger partial charge in [0, 0.05) is 25.6 Å². The minimum absolute atomic E-state index is 0.0528. The first-order valence-electron chi connectivity index (χ1n) is 7.69. The van der Waals surface area contributed by atoms with Crippen molar-refractivity contribution in [3.8, 4) is 0 Å². The zero-order valence-corrected chi connectivity index (χ0v) is 12.3.